The van der Waals surface area contributed by atoms with Gasteiger partial charge in [0.25, 0.3) is 0 Å². The molecule has 21 heavy (non-hydrogen) atoms. The van der Waals surface area contributed by atoms with Crippen molar-refractivity contribution in [2.45, 2.75) is 13.5 Å². The van der Waals surface area contributed by atoms with Crippen LogP contribution in [0.4, 0.5) is 0 Å². The third kappa shape index (κ3) is 4.10. The Labute approximate surface area is 128 Å². The van der Waals surface area contributed by atoms with Crippen molar-refractivity contribution in [2.24, 2.45) is 0 Å². The van der Waals surface area contributed by atoms with Gasteiger partial charge in [-0.1, -0.05) is 48.0 Å². The zero-order chi connectivity index (χ0) is 15.2. The van der Waals surface area contributed by atoms with Gasteiger partial charge in [-0.25, -0.2) is 4.79 Å². The summed E-state index contributed by atoms with van der Waals surface area (Å²) in [6.45, 7) is 2.25. The Morgan fingerprint density at radius 2 is 2.00 bits per heavy atom. The maximum Gasteiger partial charge on any atom is 0.328 e. The minimum Gasteiger partial charge on any atom is -0.488 e. The lowest BCUT2D eigenvalue weighted by Gasteiger charge is -2.13. The fourth-order valence-corrected chi connectivity index (χ4v) is 2.12. The fourth-order valence-electron chi connectivity index (χ4n) is 1.93. The molecule has 2 rings (SSSR count). The molecule has 3 nitrogen and oxygen atoms in total. The van der Waals surface area contributed by atoms with Crippen molar-refractivity contribution < 1.29 is 14.6 Å². The summed E-state index contributed by atoms with van der Waals surface area (Å²) in [6.07, 6.45) is 2.62. The number of para-hydroxylation sites is 1. The molecule has 0 saturated heterocycles. The van der Waals surface area contributed by atoms with Crippen LogP contribution in [0.5, 0.6) is 5.75 Å². The standard InChI is InChI=1S/C17H15ClO3/c1-12-5-4-7-13(9-10-16(19)20)17(12)21-11-14-6-2-3-8-15(14)18/h2-10H,11H2,1H3,(H,19,20)/b10-9+. The third-order valence-electron chi connectivity index (χ3n) is 2.98. The Morgan fingerprint density at radius 1 is 1.24 bits per heavy atom. The van der Waals surface area contributed by atoms with Gasteiger partial charge in [-0.05, 0) is 24.6 Å². The van der Waals surface area contributed by atoms with E-state index in [2.05, 4.69) is 0 Å². The largest absolute Gasteiger partial charge is 0.488 e. The van der Waals surface area contributed by atoms with Crippen LogP contribution in [0.15, 0.2) is 48.5 Å². The Morgan fingerprint density at radius 3 is 2.71 bits per heavy atom. The van der Waals surface area contributed by atoms with Crippen LogP contribution in [-0.2, 0) is 11.4 Å². The van der Waals surface area contributed by atoms with Crippen molar-refractivity contribution in [3.05, 3.63) is 70.3 Å². The molecule has 0 saturated carbocycles. The molecule has 0 aliphatic rings. The van der Waals surface area contributed by atoms with Crippen molar-refractivity contribution in [1.82, 2.24) is 0 Å². The lowest BCUT2D eigenvalue weighted by Crippen LogP contribution is -1.99. The molecule has 0 spiro atoms. The lowest BCUT2D eigenvalue weighted by atomic mass is 10.1. The van der Waals surface area contributed by atoms with E-state index in [9.17, 15) is 4.79 Å². The number of carbonyl (C=O) groups is 1. The smallest absolute Gasteiger partial charge is 0.328 e. The first-order valence-corrected chi connectivity index (χ1v) is 6.82. The molecular formula is C17H15ClO3. The van der Waals surface area contributed by atoms with E-state index in [0.717, 1.165) is 22.8 Å². The first kappa shape index (κ1) is 15.1. The molecule has 108 valence electrons. The van der Waals surface area contributed by atoms with E-state index in [1.165, 1.54) is 6.08 Å². The number of carboxylic acid groups (broad SMARTS) is 1. The van der Waals surface area contributed by atoms with Gasteiger partial charge in [-0.3, -0.25) is 0 Å². The van der Waals surface area contributed by atoms with Crippen LogP contribution in [0.3, 0.4) is 0 Å². The number of carboxylic acids is 1. The number of aliphatic carboxylic acids is 1. The fraction of sp³-hybridized carbons (Fsp3) is 0.118. The van der Waals surface area contributed by atoms with Crippen LogP contribution in [0, 0.1) is 6.92 Å². The quantitative estimate of drug-likeness (QED) is 0.836. The topological polar surface area (TPSA) is 46.5 Å². The summed E-state index contributed by atoms with van der Waals surface area (Å²) in [5, 5.41) is 9.38. The average Bonchev–Trinajstić information content (AvgIpc) is 2.45. The predicted octanol–water partition coefficient (Wildman–Crippen LogP) is 4.33. The van der Waals surface area contributed by atoms with E-state index in [-0.39, 0.29) is 0 Å². The van der Waals surface area contributed by atoms with Gasteiger partial charge < -0.3 is 9.84 Å². The molecule has 0 atom stereocenters. The molecule has 0 fully saturated rings. The van der Waals surface area contributed by atoms with Gasteiger partial charge in [0, 0.05) is 22.2 Å². The van der Waals surface area contributed by atoms with Gasteiger partial charge in [-0.2, -0.15) is 0 Å². The lowest BCUT2D eigenvalue weighted by molar-refractivity contribution is -0.131. The normalized spacial score (nSPS) is 10.8. The molecule has 0 aliphatic heterocycles. The Balaban J connectivity index is 2.23. The molecule has 0 radical (unpaired) electrons. The molecule has 4 heteroatoms. The van der Waals surface area contributed by atoms with E-state index < -0.39 is 5.97 Å². The van der Waals surface area contributed by atoms with Gasteiger partial charge in [-0.15, -0.1) is 0 Å². The highest BCUT2D eigenvalue weighted by molar-refractivity contribution is 6.31. The van der Waals surface area contributed by atoms with Gasteiger partial charge in [0.1, 0.15) is 12.4 Å². The summed E-state index contributed by atoms with van der Waals surface area (Å²) in [5.74, 6) is -0.330. The molecule has 0 amide bonds. The summed E-state index contributed by atoms with van der Waals surface area (Å²) in [6, 6.07) is 13.1. The van der Waals surface area contributed by atoms with E-state index in [1.807, 2.05) is 49.4 Å². The van der Waals surface area contributed by atoms with E-state index in [1.54, 1.807) is 0 Å². The van der Waals surface area contributed by atoms with Gasteiger partial charge in [0.15, 0.2) is 0 Å². The molecule has 1 N–H and O–H groups in total. The minimum absolute atomic E-state index is 0.332. The number of rotatable bonds is 5. The highest BCUT2D eigenvalue weighted by atomic mass is 35.5. The second-order valence-electron chi connectivity index (χ2n) is 4.54. The maximum atomic E-state index is 10.6. The minimum atomic E-state index is -0.992. The highest BCUT2D eigenvalue weighted by Crippen LogP contribution is 2.26. The SMILES string of the molecule is Cc1cccc(/C=C/C(=O)O)c1OCc1ccccc1Cl. The molecule has 0 aromatic heterocycles. The molecule has 0 aliphatic carbocycles. The predicted molar refractivity (Wildman–Crippen MR) is 83.6 cm³/mol. The van der Waals surface area contributed by atoms with Crippen LogP contribution in [0.1, 0.15) is 16.7 Å². The van der Waals surface area contributed by atoms with Crippen molar-refractivity contribution in [2.75, 3.05) is 0 Å². The zero-order valence-corrected chi connectivity index (χ0v) is 12.3. The zero-order valence-electron chi connectivity index (χ0n) is 11.5. The summed E-state index contributed by atoms with van der Waals surface area (Å²) < 4.78 is 5.84. The maximum absolute atomic E-state index is 10.6. The molecule has 0 heterocycles. The molecule has 2 aromatic carbocycles. The Kier molecular flexibility index (Phi) is 5.01. The number of hydrogen-bond acceptors (Lipinski definition) is 2. The molecule has 2 aromatic rings. The van der Waals surface area contributed by atoms with Crippen LogP contribution in [-0.4, -0.2) is 11.1 Å². The average molecular weight is 303 g/mol. The van der Waals surface area contributed by atoms with Crippen LogP contribution < -0.4 is 4.74 Å². The highest BCUT2D eigenvalue weighted by Gasteiger charge is 2.07. The van der Waals surface area contributed by atoms with Gasteiger partial charge >= 0.3 is 5.97 Å². The van der Waals surface area contributed by atoms with Gasteiger partial charge in [0.2, 0.25) is 0 Å². The Hall–Kier alpha value is -2.26. The molecule has 0 bridgehead atoms. The number of hydrogen-bond donors (Lipinski definition) is 1. The molecular weight excluding hydrogens is 288 g/mol. The van der Waals surface area contributed by atoms with E-state index >= 15 is 0 Å². The van der Waals surface area contributed by atoms with E-state index in [4.69, 9.17) is 21.4 Å². The summed E-state index contributed by atoms with van der Waals surface area (Å²) in [5.41, 5.74) is 2.55. The first-order valence-electron chi connectivity index (χ1n) is 6.45. The Bertz CT molecular complexity index is 677. The number of halogens is 1. The summed E-state index contributed by atoms with van der Waals surface area (Å²) in [7, 11) is 0. The number of benzene rings is 2. The van der Waals surface area contributed by atoms with Crippen LogP contribution in [0.2, 0.25) is 5.02 Å². The van der Waals surface area contributed by atoms with Crippen molar-refractivity contribution in [3.8, 4) is 5.75 Å². The number of aryl methyl sites for hydroxylation is 1. The second-order valence-corrected chi connectivity index (χ2v) is 4.95. The van der Waals surface area contributed by atoms with Crippen LogP contribution in [0.25, 0.3) is 6.08 Å². The van der Waals surface area contributed by atoms with E-state index in [0.29, 0.717) is 17.4 Å². The third-order valence-corrected chi connectivity index (χ3v) is 3.35. The van der Waals surface area contributed by atoms with Crippen molar-refractivity contribution in [3.63, 3.8) is 0 Å². The number of ether oxygens (including phenoxy) is 1. The van der Waals surface area contributed by atoms with Crippen molar-refractivity contribution >= 4 is 23.6 Å². The van der Waals surface area contributed by atoms with Gasteiger partial charge in [0.05, 0.1) is 0 Å². The van der Waals surface area contributed by atoms with Crippen molar-refractivity contribution in [1.29, 1.82) is 0 Å². The summed E-state index contributed by atoms with van der Waals surface area (Å²) in [4.78, 5) is 10.6. The van der Waals surface area contributed by atoms with Crippen LogP contribution >= 0.6 is 11.6 Å². The second kappa shape index (κ2) is 6.95. The first-order chi connectivity index (χ1) is 10.1. The molecule has 0 unspecified atom stereocenters. The monoisotopic (exact) mass is 302 g/mol. The summed E-state index contributed by atoms with van der Waals surface area (Å²) >= 11 is 6.10.